The highest BCUT2D eigenvalue weighted by molar-refractivity contribution is 6.41. The van der Waals surface area contributed by atoms with Crippen LogP contribution in [0.15, 0.2) is 34.2 Å². The van der Waals surface area contributed by atoms with E-state index in [1.165, 1.54) is 71.3 Å². The van der Waals surface area contributed by atoms with Gasteiger partial charge >= 0.3 is 5.97 Å². The van der Waals surface area contributed by atoms with Crippen LogP contribution in [0.1, 0.15) is 88.8 Å². The van der Waals surface area contributed by atoms with Crippen LogP contribution in [0.4, 0.5) is 0 Å². The minimum Gasteiger partial charge on any atom is -0.476 e. The van der Waals surface area contributed by atoms with E-state index in [9.17, 15) is 14.7 Å². The first-order chi connectivity index (χ1) is 18.0. The van der Waals surface area contributed by atoms with E-state index in [0.29, 0.717) is 23.6 Å². The van der Waals surface area contributed by atoms with Crippen LogP contribution >= 0.6 is 0 Å². The number of piperidine rings is 2. The van der Waals surface area contributed by atoms with Crippen molar-refractivity contribution < 1.29 is 14.7 Å². The van der Waals surface area contributed by atoms with E-state index < -0.39 is 17.2 Å². The second-order valence-electron chi connectivity index (χ2n) is 11.7. The lowest BCUT2D eigenvalue weighted by molar-refractivity contribution is -0.129. The minimum absolute atomic E-state index is 0.00848. The van der Waals surface area contributed by atoms with Gasteiger partial charge in [0.2, 0.25) is 5.71 Å². The van der Waals surface area contributed by atoms with Crippen molar-refractivity contribution in [3.05, 3.63) is 40.3 Å². The molecule has 0 radical (unpaired) electrons. The first-order valence-electron chi connectivity index (χ1n) is 14.2. The van der Waals surface area contributed by atoms with Crippen LogP contribution in [0.25, 0.3) is 11.0 Å². The number of nitrogens with zero attached hydrogens (tertiary/aromatic N) is 4. The summed E-state index contributed by atoms with van der Waals surface area (Å²) < 4.78 is 1.83. The maximum Gasteiger partial charge on any atom is 0.360 e. The van der Waals surface area contributed by atoms with Gasteiger partial charge < -0.3 is 14.5 Å². The molecule has 1 aromatic heterocycles. The summed E-state index contributed by atoms with van der Waals surface area (Å²) in [4.78, 5) is 37.9. The minimum atomic E-state index is -1.32. The molecule has 1 aromatic carbocycles. The van der Waals surface area contributed by atoms with Crippen molar-refractivity contribution in [2.45, 2.75) is 101 Å². The molecule has 8 heteroatoms. The van der Waals surface area contributed by atoms with Gasteiger partial charge in [-0.15, -0.1) is 0 Å². The van der Waals surface area contributed by atoms with Gasteiger partial charge in [0.1, 0.15) is 7.11 Å². The quantitative estimate of drug-likeness (QED) is 0.464. The number of carboxylic acids is 1. The lowest BCUT2D eigenvalue weighted by Crippen LogP contribution is -2.58. The molecule has 2 aliphatic carbocycles. The molecule has 3 heterocycles. The van der Waals surface area contributed by atoms with Gasteiger partial charge in [-0.1, -0.05) is 49.4 Å². The molecule has 2 aliphatic heterocycles. The molecule has 2 aromatic rings. The Morgan fingerprint density at radius 1 is 0.919 bits per heavy atom. The van der Waals surface area contributed by atoms with Gasteiger partial charge in [-0.25, -0.2) is 9.78 Å². The number of hydrogen-bond donors (Lipinski definition) is 1. The number of aliphatic carboxylic acids is 1. The third-order valence-electron chi connectivity index (χ3n) is 9.55. The predicted octanol–water partition coefficient (Wildman–Crippen LogP) is 4.75. The fourth-order valence-electron chi connectivity index (χ4n) is 8.25. The first kappa shape index (κ1) is 24.6. The monoisotopic (exact) mass is 506 g/mol. The highest BCUT2D eigenvalue weighted by Crippen LogP contribution is 2.46. The Hall–Kier alpha value is -2.74. The number of rotatable bonds is 5. The summed E-state index contributed by atoms with van der Waals surface area (Å²) in [7, 11) is 1.28. The third-order valence-corrected chi connectivity index (χ3v) is 9.55. The number of aromatic nitrogens is 2. The fourth-order valence-corrected chi connectivity index (χ4v) is 8.25. The number of oxime groups is 1. The molecule has 6 atom stereocenters. The number of para-hydroxylation sites is 2. The molecule has 0 amide bonds. The van der Waals surface area contributed by atoms with Crippen LogP contribution in [-0.2, 0) is 9.63 Å². The van der Waals surface area contributed by atoms with E-state index in [0.717, 1.165) is 30.2 Å². The van der Waals surface area contributed by atoms with Crippen molar-refractivity contribution in [2.75, 3.05) is 7.11 Å². The standard InChI is InChI=1S/C29H38N4O4/c1-37-31-27(29(35)36)26-28(34)33(25-12-5-4-11-24(25)30-26)23-16-20-9-6-10-21(17-23)32(20)22-14-18-7-2-3-8-19(13-18)15-22/h4-5,11-12,18-23H,2-3,6-10,13-17H2,1H3,(H,35,36)/t18-,19+,20-,21+,22?,23?. The normalized spacial score (nSPS) is 32.6. The van der Waals surface area contributed by atoms with Crippen LogP contribution in [0.5, 0.6) is 0 Å². The Labute approximate surface area is 217 Å². The average Bonchev–Trinajstić information content (AvgIpc) is 3.05. The Kier molecular flexibility index (Phi) is 6.78. The highest BCUT2D eigenvalue weighted by atomic mass is 16.6. The van der Waals surface area contributed by atoms with Crippen LogP contribution in [0.2, 0.25) is 0 Å². The number of carbonyl (C=O) groups is 1. The lowest BCUT2D eigenvalue weighted by atomic mass is 9.73. The molecule has 198 valence electrons. The molecule has 2 saturated heterocycles. The van der Waals surface area contributed by atoms with Gasteiger partial charge in [0.15, 0.2) is 5.69 Å². The van der Waals surface area contributed by atoms with Gasteiger partial charge in [0.25, 0.3) is 5.56 Å². The third kappa shape index (κ3) is 4.58. The molecule has 4 fully saturated rings. The largest absolute Gasteiger partial charge is 0.476 e. The van der Waals surface area contributed by atoms with E-state index >= 15 is 0 Å². The predicted molar refractivity (Wildman–Crippen MR) is 142 cm³/mol. The smallest absolute Gasteiger partial charge is 0.360 e. The maximum absolute atomic E-state index is 13.9. The van der Waals surface area contributed by atoms with Crippen LogP contribution in [-0.4, -0.2) is 56.5 Å². The summed E-state index contributed by atoms with van der Waals surface area (Å²) >= 11 is 0. The molecular weight excluding hydrogens is 468 g/mol. The van der Waals surface area contributed by atoms with E-state index in [2.05, 4.69) is 15.0 Å². The lowest BCUT2D eigenvalue weighted by Gasteiger charge is -2.54. The van der Waals surface area contributed by atoms with E-state index in [1.807, 2.05) is 28.8 Å². The summed E-state index contributed by atoms with van der Waals surface area (Å²) in [5.41, 5.74) is 0.369. The van der Waals surface area contributed by atoms with Crippen molar-refractivity contribution in [3.8, 4) is 0 Å². The first-order valence-corrected chi connectivity index (χ1v) is 14.2. The van der Waals surface area contributed by atoms with Gasteiger partial charge in [-0.2, -0.15) is 0 Å². The van der Waals surface area contributed by atoms with Crippen molar-refractivity contribution in [1.82, 2.24) is 14.5 Å². The Bertz CT molecular complexity index is 1230. The molecular formula is C29H38N4O4. The van der Waals surface area contributed by atoms with Crippen LogP contribution in [0, 0.1) is 11.8 Å². The van der Waals surface area contributed by atoms with Gasteiger partial charge in [-0.3, -0.25) is 9.69 Å². The summed E-state index contributed by atoms with van der Waals surface area (Å²) in [5, 5.41) is 13.4. The molecule has 2 saturated carbocycles. The SMILES string of the molecule is CON=C(C(=O)O)c1nc2ccccc2n(C2C[C@H]3CCC[C@@H](C2)N3C2C[C@H]3CCCC[C@@H](C2)C3)c1=O. The Balaban J connectivity index is 1.36. The van der Waals surface area contributed by atoms with Crippen molar-refractivity contribution >= 4 is 22.7 Å². The highest BCUT2D eigenvalue weighted by Gasteiger charge is 2.45. The van der Waals surface area contributed by atoms with Crippen molar-refractivity contribution in [2.24, 2.45) is 17.0 Å². The van der Waals surface area contributed by atoms with E-state index in [4.69, 9.17) is 4.84 Å². The molecule has 37 heavy (non-hydrogen) atoms. The topological polar surface area (TPSA) is 97.0 Å². The van der Waals surface area contributed by atoms with E-state index in [1.54, 1.807) is 0 Å². The van der Waals surface area contributed by atoms with Gasteiger partial charge in [0, 0.05) is 24.2 Å². The van der Waals surface area contributed by atoms with E-state index in [-0.39, 0.29) is 11.7 Å². The van der Waals surface area contributed by atoms with Crippen LogP contribution in [0.3, 0.4) is 0 Å². The molecule has 8 nitrogen and oxygen atoms in total. The van der Waals surface area contributed by atoms with Crippen molar-refractivity contribution in [1.29, 1.82) is 0 Å². The molecule has 2 unspecified atom stereocenters. The average molecular weight is 507 g/mol. The number of benzene rings is 1. The molecule has 4 aliphatic rings. The zero-order valence-corrected chi connectivity index (χ0v) is 21.7. The molecule has 4 bridgehead atoms. The summed E-state index contributed by atoms with van der Waals surface area (Å²) in [6.45, 7) is 0. The molecule has 1 N–H and O–H groups in total. The second kappa shape index (κ2) is 10.2. The molecule has 0 spiro atoms. The van der Waals surface area contributed by atoms with Gasteiger partial charge in [-0.05, 0) is 68.9 Å². The zero-order valence-electron chi connectivity index (χ0n) is 21.7. The Morgan fingerprint density at radius 2 is 1.59 bits per heavy atom. The second-order valence-corrected chi connectivity index (χ2v) is 11.7. The van der Waals surface area contributed by atoms with Gasteiger partial charge in [0.05, 0.1) is 11.0 Å². The Morgan fingerprint density at radius 3 is 2.24 bits per heavy atom. The summed E-state index contributed by atoms with van der Waals surface area (Å²) in [5.74, 6) is 0.445. The summed E-state index contributed by atoms with van der Waals surface area (Å²) in [6.07, 6.45) is 15.1. The van der Waals surface area contributed by atoms with Crippen LogP contribution < -0.4 is 5.56 Å². The fraction of sp³-hybridized carbons (Fsp3) is 0.655. The number of fused-ring (bicyclic) bond motifs is 5. The zero-order chi connectivity index (χ0) is 25.5. The molecule has 6 rings (SSSR count). The van der Waals surface area contributed by atoms with Crippen molar-refractivity contribution in [3.63, 3.8) is 0 Å². The number of carboxylic acid groups (broad SMARTS) is 1. The number of hydrogen-bond acceptors (Lipinski definition) is 6. The maximum atomic E-state index is 13.9. The summed E-state index contributed by atoms with van der Waals surface area (Å²) in [6, 6.07) is 9.16.